The molecule has 51 heavy (non-hydrogen) atoms. The smallest absolute Gasteiger partial charge is 0.490 e. The number of carbonyl (C=O) groups is 3. The Morgan fingerprint density at radius 3 is 2.31 bits per heavy atom. The second-order valence-corrected chi connectivity index (χ2v) is 14.1. The van der Waals surface area contributed by atoms with E-state index in [0.29, 0.717) is 24.1 Å². The van der Waals surface area contributed by atoms with Gasteiger partial charge in [-0.3, -0.25) is 19.6 Å². The van der Waals surface area contributed by atoms with Crippen molar-refractivity contribution in [3.05, 3.63) is 96.1 Å². The van der Waals surface area contributed by atoms with Gasteiger partial charge in [-0.2, -0.15) is 13.2 Å². The van der Waals surface area contributed by atoms with Gasteiger partial charge < -0.3 is 19.8 Å². The third-order valence-electron chi connectivity index (χ3n) is 8.67. The largest absolute Gasteiger partial charge is 0.494 e. The number of aromatic nitrogens is 1. The minimum absolute atomic E-state index is 0.0335. The Morgan fingerprint density at radius 2 is 1.69 bits per heavy atom. The number of nitrogens with two attached hydrogens (primary N) is 1. The lowest BCUT2D eigenvalue weighted by atomic mass is 9.93. The molecule has 1 aliphatic carbocycles. The van der Waals surface area contributed by atoms with Crippen molar-refractivity contribution in [3.8, 4) is 5.75 Å². The summed E-state index contributed by atoms with van der Waals surface area (Å²) in [6, 6.07) is 15.1. The summed E-state index contributed by atoms with van der Waals surface area (Å²) in [6.45, 7) is 0.0460. The number of pyridine rings is 1. The molecule has 6 rings (SSSR count). The number of nitrogens with zero attached hydrogens (tertiary/aromatic N) is 3. The Balaban J connectivity index is 0.000000654. The van der Waals surface area contributed by atoms with Gasteiger partial charge in [-0.15, -0.1) is 0 Å². The lowest BCUT2D eigenvalue weighted by molar-refractivity contribution is -0.192. The van der Waals surface area contributed by atoms with Gasteiger partial charge in [0.1, 0.15) is 6.04 Å². The summed E-state index contributed by atoms with van der Waals surface area (Å²) in [4.78, 5) is 41.7. The predicted molar refractivity (Wildman–Crippen MR) is 175 cm³/mol. The maximum atomic E-state index is 14.7. The van der Waals surface area contributed by atoms with Crippen molar-refractivity contribution in [2.75, 3.05) is 18.7 Å². The van der Waals surface area contributed by atoms with Gasteiger partial charge in [0.25, 0.3) is 5.91 Å². The van der Waals surface area contributed by atoms with Crippen LogP contribution in [0.2, 0.25) is 0 Å². The van der Waals surface area contributed by atoms with E-state index in [4.69, 9.17) is 20.5 Å². The van der Waals surface area contributed by atoms with Crippen molar-refractivity contribution in [1.82, 2.24) is 9.88 Å². The molecule has 1 aliphatic heterocycles. The number of halogens is 4. The fourth-order valence-corrected chi connectivity index (χ4v) is 7.93. The molecule has 12 nitrogen and oxygen atoms in total. The van der Waals surface area contributed by atoms with Crippen molar-refractivity contribution in [2.45, 2.75) is 47.7 Å². The van der Waals surface area contributed by atoms with Crippen LogP contribution in [-0.2, 0) is 24.2 Å². The zero-order chi connectivity index (χ0) is 37.2. The van der Waals surface area contributed by atoms with Crippen molar-refractivity contribution in [1.29, 1.82) is 0 Å². The van der Waals surface area contributed by atoms with Crippen molar-refractivity contribution >= 4 is 44.1 Å². The van der Waals surface area contributed by atoms with Crippen molar-refractivity contribution in [3.63, 3.8) is 0 Å². The first-order valence-corrected chi connectivity index (χ1v) is 17.0. The summed E-state index contributed by atoms with van der Waals surface area (Å²) >= 11 is 0. The Kier molecular flexibility index (Phi) is 10.5. The molecule has 1 aromatic heterocycles. The third-order valence-corrected chi connectivity index (χ3v) is 11.0. The van der Waals surface area contributed by atoms with Gasteiger partial charge in [-0.25, -0.2) is 23.4 Å². The molecule has 3 atom stereocenters. The summed E-state index contributed by atoms with van der Waals surface area (Å²) in [5.41, 5.74) is 1.03. The number of hydrogen-bond acceptors (Lipinski definition) is 9. The van der Waals surface area contributed by atoms with E-state index < -0.39 is 62.9 Å². The monoisotopic (exact) mass is 732 g/mol. The van der Waals surface area contributed by atoms with Crippen molar-refractivity contribution < 1.29 is 55.3 Å². The van der Waals surface area contributed by atoms with E-state index >= 15 is 0 Å². The molecule has 0 bridgehead atoms. The van der Waals surface area contributed by atoms with E-state index in [0.717, 1.165) is 10.8 Å². The number of anilines is 1. The van der Waals surface area contributed by atoms with E-state index in [9.17, 15) is 40.7 Å². The standard InChI is InChI=1S/C32H31FN4O6S.C2HF3O2/c1-43-27-17-20(7-11-26(27)33)29(37(34)22-8-6-21-18-35-14-12-19(21)16-22)31(38)36-15-13-25(32(39)40)30(36)24-4-2-3-5-28(24)44(41,42)23-9-10-23;3-2(4,5)1(6)7/h2-8,11-12,14,16-18,23,25,29-30H,9-10,13,15,34H2,1H3,(H,39,40);(H,6,7)/t25?,29-,30?;/m1./s1. The Bertz CT molecular complexity index is 2080. The van der Waals surface area contributed by atoms with E-state index in [1.54, 1.807) is 48.8 Å². The number of carbonyl (C=O) groups excluding carboxylic acids is 1. The van der Waals surface area contributed by atoms with Crippen LogP contribution in [0.15, 0.2) is 84.0 Å². The van der Waals surface area contributed by atoms with Gasteiger partial charge in [0.05, 0.1) is 34.9 Å². The van der Waals surface area contributed by atoms with E-state index in [1.165, 1.54) is 41.3 Å². The molecule has 0 spiro atoms. The lowest BCUT2D eigenvalue weighted by Crippen LogP contribution is -2.47. The summed E-state index contributed by atoms with van der Waals surface area (Å²) in [6.07, 6.45) is -0.581. The van der Waals surface area contributed by atoms with Gasteiger partial charge in [0.2, 0.25) is 0 Å². The molecule has 1 amide bonds. The first-order valence-electron chi connectivity index (χ1n) is 15.4. The molecule has 3 aromatic carbocycles. The van der Waals surface area contributed by atoms with Gasteiger partial charge in [-0.05, 0) is 72.2 Å². The molecule has 17 heteroatoms. The van der Waals surface area contributed by atoms with Crippen LogP contribution >= 0.6 is 0 Å². The summed E-state index contributed by atoms with van der Waals surface area (Å²) in [5, 5.41) is 19.7. The molecule has 2 heterocycles. The average Bonchev–Trinajstić information content (AvgIpc) is 3.87. The van der Waals surface area contributed by atoms with Gasteiger partial charge >= 0.3 is 18.1 Å². The number of methoxy groups -OCH3 is 1. The van der Waals surface area contributed by atoms with E-state index in [1.807, 2.05) is 6.07 Å². The second kappa shape index (κ2) is 14.5. The Labute approximate surface area is 288 Å². The number of carboxylic acids is 2. The quantitative estimate of drug-likeness (QED) is 0.119. The highest BCUT2D eigenvalue weighted by molar-refractivity contribution is 7.92. The lowest BCUT2D eigenvalue weighted by Gasteiger charge is -2.36. The summed E-state index contributed by atoms with van der Waals surface area (Å²) in [7, 11) is -2.42. The summed E-state index contributed by atoms with van der Waals surface area (Å²) < 4.78 is 78.3. The molecule has 0 radical (unpaired) electrons. The number of likely N-dealkylation sites (tertiary alicyclic amines) is 1. The molecule has 2 fully saturated rings. The van der Waals surface area contributed by atoms with Gasteiger partial charge in [0, 0.05) is 24.3 Å². The Hall–Kier alpha value is -5.29. The fraction of sp³-hybridized carbons (Fsp3) is 0.294. The molecule has 1 saturated heterocycles. The van der Waals surface area contributed by atoms with Crippen LogP contribution < -0.4 is 15.6 Å². The maximum Gasteiger partial charge on any atom is 0.490 e. The number of hydrogen-bond donors (Lipinski definition) is 3. The number of alkyl halides is 3. The topological polar surface area (TPSA) is 180 Å². The molecule has 1 saturated carbocycles. The first-order chi connectivity index (χ1) is 24.1. The first kappa shape index (κ1) is 37.0. The number of sulfone groups is 1. The highest BCUT2D eigenvalue weighted by Crippen LogP contribution is 2.45. The zero-order valence-electron chi connectivity index (χ0n) is 26.8. The fourth-order valence-electron chi connectivity index (χ4n) is 6.03. The zero-order valence-corrected chi connectivity index (χ0v) is 27.6. The second-order valence-electron chi connectivity index (χ2n) is 11.9. The van der Waals surface area contributed by atoms with E-state index in [2.05, 4.69) is 4.98 Å². The van der Waals surface area contributed by atoms with Crippen LogP contribution in [-0.4, -0.2) is 71.4 Å². The van der Waals surface area contributed by atoms with Crippen LogP contribution in [0, 0.1) is 11.7 Å². The number of hydrazine groups is 1. The molecular formula is C34H32F4N4O8S. The van der Waals surface area contributed by atoms with Gasteiger partial charge in [-0.1, -0.05) is 30.3 Å². The molecule has 4 N–H and O–H groups in total. The molecular weight excluding hydrogens is 700 g/mol. The minimum atomic E-state index is -5.08. The SMILES string of the molecule is COc1cc([C@H](C(=O)N2CCC(C(=O)O)C2c2ccccc2S(=O)(=O)C2CC2)N(N)c2ccc3cnccc3c2)ccc1F.O=C(O)C(F)(F)F. The van der Waals surface area contributed by atoms with Crippen LogP contribution in [0.3, 0.4) is 0 Å². The highest BCUT2D eigenvalue weighted by atomic mass is 32.2. The number of amides is 1. The molecule has 2 aliphatic rings. The Morgan fingerprint density at radius 1 is 1.00 bits per heavy atom. The number of benzene rings is 3. The van der Waals surface area contributed by atoms with Crippen LogP contribution in [0.25, 0.3) is 10.8 Å². The number of carboxylic acid groups (broad SMARTS) is 2. The average molecular weight is 733 g/mol. The number of rotatable bonds is 9. The van der Waals surface area contributed by atoms with Crippen LogP contribution in [0.5, 0.6) is 5.75 Å². The maximum absolute atomic E-state index is 14.7. The minimum Gasteiger partial charge on any atom is -0.494 e. The van der Waals surface area contributed by atoms with Gasteiger partial charge in [0.15, 0.2) is 21.4 Å². The third kappa shape index (κ3) is 7.73. The predicted octanol–water partition coefficient (Wildman–Crippen LogP) is 5.05. The normalized spacial score (nSPS) is 18.0. The van der Waals surface area contributed by atoms with Crippen molar-refractivity contribution in [2.24, 2.45) is 11.8 Å². The molecule has 270 valence electrons. The van der Waals surface area contributed by atoms with E-state index in [-0.39, 0.29) is 29.2 Å². The van der Waals surface area contributed by atoms with Crippen LogP contribution in [0.4, 0.5) is 23.2 Å². The molecule has 4 aromatic rings. The molecule has 2 unspecified atom stereocenters. The number of ether oxygens (including phenoxy) is 1. The summed E-state index contributed by atoms with van der Waals surface area (Å²) in [5.74, 6) is 0.458. The highest BCUT2D eigenvalue weighted by Gasteiger charge is 2.48. The van der Waals surface area contributed by atoms with Crippen LogP contribution in [0.1, 0.15) is 42.5 Å². The number of aliphatic carboxylic acids is 2. The number of fused-ring (bicyclic) bond motifs is 1.